The summed E-state index contributed by atoms with van der Waals surface area (Å²) in [6.07, 6.45) is 3.34. The van der Waals surface area contributed by atoms with Crippen LogP contribution in [-0.4, -0.2) is 38.1 Å². The van der Waals surface area contributed by atoms with Crippen molar-refractivity contribution < 1.29 is 9.90 Å². The zero-order valence-electron chi connectivity index (χ0n) is 17.4. The summed E-state index contributed by atoms with van der Waals surface area (Å²) in [5.41, 5.74) is 4.62. The lowest BCUT2D eigenvalue weighted by molar-refractivity contribution is -0.0266. The molecule has 1 aliphatic carbocycles. The highest BCUT2D eigenvalue weighted by atomic mass is 16.3. The van der Waals surface area contributed by atoms with Crippen molar-refractivity contribution in [1.29, 1.82) is 0 Å². The van der Waals surface area contributed by atoms with Gasteiger partial charge < -0.3 is 14.6 Å². The number of aromatic nitrogens is 2. The van der Waals surface area contributed by atoms with Gasteiger partial charge in [0.1, 0.15) is 5.75 Å². The van der Waals surface area contributed by atoms with Crippen molar-refractivity contribution >= 4 is 16.9 Å². The molecule has 2 bridgehead atoms. The van der Waals surface area contributed by atoms with Crippen molar-refractivity contribution in [1.82, 2.24) is 14.5 Å². The standard InChI is InChI=1S/C24H27N3O2/c1-23(2)21-13-16-17(6-5-7-20(16)28)24(23,3)10-11-27(21)22(29)15-8-9-18-19(12-15)26(4)14-25-18/h5-9,12,14,21,28H,10-11,13H2,1-4H3/t21?,24-/m0/s1. The number of rotatable bonds is 1. The van der Waals surface area contributed by atoms with E-state index in [2.05, 4.69) is 31.8 Å². The fraction of sp³-hybridized carbons (Fsp3) is 0.417. The van der Waals surface area contributed by atoms with Gasteiger partial charge in [-0.2, -0.15) is 0 Å². The summed E-state index contributed by atoms with van der Waals surface area (Å²) in [4.78, 5) is 20.0. The van der Waals surface area contributed by atoms with Gasteiger partial charge in [0.25, 0.3) is 5.91 Å². The Hall–Kier alpha value is -2.82. The van der Waals surface area contributed by atoms with E-state index in [0.29, 0.717) is 17.7 Å². The van der Waals surface area contributed by atoms with E-state index in [9.17, 15) is 9.90 Å². The van der Waals surface area contributed by atoms with Crippen LogP contribution in [0.4, 0.5) is 0 Å². The van der Waals surface area contributed by atoms with Crippen LogP contribution in [0.3, 0.4) is 0 Å². The molecular formula is C24H27N3O2. The van der Waals surface area contributed by atoms with Crippen molar-refractivity contribution in [3.63, 3.8) is 0 Å². The van der Waals surface area contributed by atoms with Gasteiger partial charge in [-0.1, -0.05) is 32.9 Å². The molecule has 0 saturated carbocycles. The van der Waals surface area contributed by atoms with Crippen LogP contribution in [0.2, 0.25) is 0 Å². The molecule has 1 aromatic heterocycles. The third-order valence-corrected chi connectivity index (χ3v) is 7.86. The minimum Gasteiger partial charge on any atom is -0.508 e. The number of carbonyl (C=O) groups excluding carboxylic acids is 1. The zero-order valence-corrected chi connectivity index (χ0v) is 17.4. The molecule has 3 aromatic rings. The Morgan fingerprint density at radius 2 is 2.00 bits per heavy atom. The molecule has 1 fully saturated rings. The van der Waals surface area contributed by atoms with Crippen molar-refractivity contribution in [2.24, 2.45) is 12.5 Å². The highest BCUT2D eigenvalue weighted by Crippen LogP contribution is 2.57. The fourth-order valence-corrected chi connectivity index (χ4v) is 5.59. The van der Waals surface area contributed by atoms with E-state index in [4.69, 9.17) is 0 Å². The van der Waals surface area contributed by atoms with Gasteiger partial charge in [-0.15, -0.1) is 0 Å². The summed E-state index contributed by atoms with van der Waals surface area (Å²) in [6.45, 7) is 7.56. The maximum Gasteiger partial charge on any atom is 0.254 e. The maximum atomic E-state index is 13.6. The first-order chi connectivity index (χ1) is 13.7. The predicted octanol–water partition coefficient (Wildman–Crippen LogP) is 4.03. The lowest BCUT2D eigenvalue weighted by Crippen LogP contribution is -2.64. The molecule has 1 unspecified atom stereocenters. The third kappa shape index (κ3) is 2.33. The number of imidazole rings is 1. The van der Waals surface area contributed by atoms with Gasteiger partial charge in [0.2, 0.25) is 0 Å². The van der Waals surface area contributed by atoms with Crippen LogP contribution in [0, 0.1) is 5.41 Å². The molecule has 1 saturated heterocycles. The molecule has 1 aliphatic heterocycles. The first-order valence-electron chi connectivity index (χ1n) is 10.3. The van der Waals surface area contributed by atoms with Crippen LogP contribution in [0.5, 0.6) is 5.75 Å². The molecule has 2 heterocycles. The van der Waals surface area contributed by atoms with Gasteiger partial charge in [0, 0.05) is 30.6 Å². The van der Waals surface area contributed by atoms with Crippen molar-refractivity contribution in [3.8, 4) is 5.75 Å². The van der Waals surface area contributed by atoms with Crippen molar-refractivity contribution in [2.45, 2.75) is 45.1 Å². The van der Waals surface area contributed by atoms with E-state index in [1.54, 1.807) is 12.4 Å². The normalized spacial score (nSPS) is 25.1. The number of fused-ring (bicyclic) bond motifs is 5. The van der Waals surface area contributed by atoms with Crippen LogP contribution in [0.25, 0.3) is 11.0 Å². The number of aromatic hydroxyl groups is 1. The molecule has 29 heavy (non-hydrogen) atoms. The summed E-state index contributed by atoms with van der Waals surface area (Å²) in [7, 11) is 1.94. The van der Waals surface area contributed by atoms with Crippen LogP contribution in [-0.2, 0) is 18.9 Å². The first kappa shape index (κ1) is 18.2. The highest BCUT2D eigenvalue weighted by Gasteiger charge is 2.57. The largest absolute Gasteiger partial charge is 0.508 e. The molecule has 2 aliphatic rings. The number of phenols is 1. The molecule has 5 nitrogen and oxygen atoms in total. The Bertz CT molecular complexity index is 1150. The van der Waals surface area contributed by atoms with Gasteiger partial charge in [0.05, 0.1) is 17.4 Å². The molecule has 0 radical (unpaired) electrons. The quantitative estimate of drug-likeness (QED) is 0.683. The number of amides is 1. The number of hydrogen-bond acceptors (Lipinski definition) is 3. The summed E-state index contributed by atoms with van der Waals surface area (Å²) >= 11 is 0. The van der Waals surface area contributed by atoms with E-state index >= 15 is 0 Å². The first-order valence-corrected chi connectivity index (χ1v) is 10.3. The second-order valence-electron chi connectivity index (χ2n) is 9.38. The van der Waals surface area contributed by atoms with E-state index in [1.165, 1.54) is 5.56 Å². The lowest BCUT2D eigenvalue weighted by Gasteiger charge is -2.60. The maximum absolute atomic E-state index is 13.6. The number of likely N-dealkylation sites (tertiary alicyclic amines) is 1. The average Bonchev–Trinajstić information content (AvgIpc) is 3.05. The lowest BCUT2D eigenvalue weighted by atomic mass is 9.51. The third-order valence-electron chi connectivity index (χ3n) is 7.86. The smallest absolute Gasteiger partial charge is 0.254 e. The summed E-state index contributed by atoms with van der Waals surface area (Å²) in [5, 5.41) is 10.6. The molecular weight excluding hydrogens is 362 g/mol. The van der Waals surface area contributed by atoms with E-state index < -0.39 is 0 Å². The van der Waals surface area contributed by atoms with Crippen LogP contribution in [0.15, 0.2) is 42.7 Å². The van der Waals surface area contributed by atoms with Crippen molar-refractivity contribution in [3.05, 3.63) is 59.4 Å². The number of phenolic OH excluding ortho intramolecular Hbond substituents is 1. The van der Waals surface area contributed by atoms with E-state index in [1.807, 2.05) is 40.8 Å². The molecule has 150 valence electrons. The zero-order chi connectivity index (χ0) is 20.6. The van der Waals surface area contributed by atoms with Crippen LogP contribution in [0.1, 0.15) is 48.7 Å². The Labute approximate surface area is 171 Å². The Kier molecular flexibility index (Phi) is 3.67. The second kappa shape index (κ2) is 5.85. The number of carbonyl (C=O) groups is 1. The molecule has 0 spiro atoms. The highest BCUT2D eigenvalue weighted by molar-refractivity contribution is 5.97. The summed E-state index contributed by atoms with van der Waals surface area (Å²) < 4.78 is 1.94. The predicted molar refractivity (Wildman–Crippen MR) is 113 cm³/mol. The number of piperidine rings is 1. The Balaban J connectivity index is 1.58. The van der Waals surface area contributed by atoms with Gasteiger partial charge in [-0.25, -0.2) is 4.98 Å². The molecule has 5 heteroatoms. The van der Waals surface area contributed by atoms with Gasteiger partial charge in [-0.05, 0) is 53.6 Å². The molecule has 1 N–H and O–H groups in total. The minimum absolute atomic E-state index is 0.0387. The molecule has 2 atom stereocenters. The fourth-order valence-electron chi connectivity index (χ4n) is 5.59. The average molecular weight is 389 g/mol. The molecule has 5 rings (SSSR count). The number of nitrogens with zero attached hydrogens (tertiary/aromatic N) is 3. The minimum atomic E-state index is -0.0989. The van der Waals surface area contributed by atoms with Crippen molar-refractivity contribution in [2.75, 3.05) is 6.54 Å². The SMILES string of the molecule is Cn1cnc2ccc(C(=O)N3CC[C@@]4(C)c5cccc(O)c5CC3C4(C)C)cc21. The van der Waals surface area contributed by atoms with Crippen LogP contribution >= 0.6 is 0 Å². The van der Waals surface area contributed by atoms with Gasteiger partial charge in [-0.3, -0.25) is 4.79 Å². The number of aryl methyl sites for hydroxylation is 1. The van der Waals surface area contributed by atoms with Crippen LogP contribution < -0.4 is 0 Å². The number of benzene rings is 2. The van der Waals surface area contributed by atoms with Gasteiger partial charge in [0.15, 0.2) is 0 Å². The summed E-state index contributed by atoms with van der Waals surface area (Å²) in [5.74, 6) is 0.409. The Morgan fingerprint density at radius 1 is 1.21 bits per heavy atom. The van der Waals surface area contributed by atoms with E-state index in [0.717, 1.165) is 29.6 Å². The Morgan fingerprint density at radius 3 is 2.79 bits per heavy atom. The van der Waals surface area contributed by atoms with Gasteiger partial charge >= 0.3 is 0 Å². The molecule has 2 aromatic carbocycles. The summed E-state index contributed by atoms with van der Waals surface area (Å²) in [6, 6.07) is 11.6. The molecule has 1 amide bonds. The second-order valence-corrected chi connectivity index (χ2v) is 9.38. The number of hydrogen-bond donors (Lipinski definition) is 1. The topological polar surface area (TPSA) is 58.4 Å². The monoisotopic (exact) mass is 389 g/mol. The van der Waals surface area contributed by atoms with E-state index in [-0.39, 0.29) is 22.8 Å².